The third kappa shape index (κ3) is 6.54. The van der Waals surface area contributed by atoms with Gasteiger partial charge in [0.2, 0.25) is 5.91 Å². The fourth-order valence-corrected chi connectivity index (χ4v) is 6.18. The summed E-state index contributed by atoms with van der Waals surface area (Å²) >= 11 is 0. The van der Waals surface area contributed by atoms with E-state index >= 15 is 0 Å². The zero-order chi connectivity index (χ0) is 29.7. The fraction of sp³-hybridized carbons (Fsp3) is 0.310. The molecular formula is C29H29F3N2O6S. The van der Waals surface area contributed by atoms with Crippen molar-refractivity contribution >= 4 is 22.9 Å². The third-order valence-corrected chi connectivity index (χ3v) is 8.30. The monoisotopic (exact) mass is 590 g/mol. The molecular weight excluding hydrogens is 561 g/mol. The molecule has 2 atom stereocenters. The highest BCUT2D eigenvalue weighted by Gasteiger charge is 2.58. The average Bonchev–Trinajstić information content (AvgIpc) is 3.25. The summed E-state index contributed by atoms with van der Waals surface area (Å²) in [4.78, 5) is 25.7. The first-order chi connectivity index (χ1) is 19.6. The van der Waals surface area contributed by atoms with Gasteiger partial charge in [-0.2, -0.15) is 13.1 Å². The number of nitrogens with zero attached hydrogens (tertiary/aromatic N) is 1. The maximum absolute atomic E-state index is 14.1. The van der Waals surface area contributed by atoms with Crippen molar-refractivity contribution in [3.63, 3.8) is 0 Å². The smallest absolute Gasteiger partial charge is 0.441 e. The molecule has 0 aromatic heterocycles. The van der Waals surface area contributed by atoms with Crippen molar-refractivity contribution < 1.29 is 41.5 Å². The lowest BCUT2D eigenvalue weighted by molar-refractivity contribution is -0.225. The lowest BCUT2D eigenvalue weighted by Gasteiger charge is -2.22. The van der Waals surface area contributed by atoms with Crippen LogP contribution in [-0.2, 0) is 32.1 Å². The number of aryl methyl sites for hydroxylation is 2. The minimum Gasteiger partial charge on any atom is -0.494 e. The summed E-state index contributed by atoms with van der Waals surface area (Å²) in [7, 11) is -2.63. The van der Waals surface area contributed by atoms with Crippen LogP contribution in [0.3, 0.4) is 0 Å². The van der Waals surface area contributed by atoms with Crippen molar-refractivity contribution in [2.75, 3.05) is 13.2 Å². The van der Waals surface area contributed by atoms with Crippen molar-refractivity contribution in [3.8, 4) is 22.6 Å². The van der Waals surface area contributed by atoms with Crippen LogP contribution in [0.2, 0.25) is 0 Å². The van der Waals surface area contributed by atoms with Crippen LogP contribution < -0.4 is 15.2 Å². The number of halogens is 3. The van der Waals surface area contributed by atoms with E-state index in [0.29, 0.717) is 24.5 Å². The van der Waals surface area contributed by atoms with Gasteiger partial charge in [-0.05, 0) is 90.5 Å². The van der Waals surface area contributed by atoms with E-state index in [2.05, 4.69) is 4.94 Å². The summed E-state index contributed by atoms with van der Waals surface area (Å²) in [6.07, 6.45) is 0.232. The number of amides is 1. The number of rotatable bonds is 11. The molecule has 0 saturated carbocycles. The minimum absolute atomic E-state index is 0.241. The van der Waals surface area contributed by atoms with E-state index in [9.17, 15) is 27.1 Å². The molecule has 41 heavy (non-hydrogen) atoms. The van der Waals surface area contributed by atoms with E-state index in [1.807, 2.05) is 50.2 Å². The predicted molar refractivity (Wildman–Crippen MR) is 146 cm³/mol. The molecule has 2 N–H and O–H groups in total. The van der Waals surface area contributed by atoms with Crippen molar-refractivity contribution in [1.82, 2.24) is 4.31 Å². The molecule has 8 nitrogen and oxygen atoms in total. The van der Waals surface area contributed by atoms with Gasteiger partial charge in [0.05, 0.1) is 11.9 Å². The topological polar surface area (TPSA) is 108 Å². The molecule has 1 heterocycles. The molecule has 3 aromatic rings. The molecule has 1 aliphatic heterocycles. The molecule has 2 unspecified atom stereocenters. The van der Waals surface area contributed by atoms with Crippen LogP contribution >= 0.6 is 0 Å². The molecule has 1 fully saturated rings. The molecule has 0 radical (unpaired) electrons. The minimum atomic E-state index is -4.69. The molecule has 4 rings (SSSR count). The second-order valence-corrected chi connectivity index (χ2v) is 11.0. The number of nitrogens with two attached hydrogens (primary N) is 1. The Labute approximate surface area is 237 Å². The lowest BCUT2D eigenvalue weighted by Crippen LogP contribution is -2.49. The van der Waals surface area contributed by atoms with Gasteiger partial charge in [-0.15, -0.1) is 0 Å². The molecule has 12 heteroatoms. The highest BCUT2D eigenvalue weighted by molar-refractivity contribution is 7.84. The largest absolute Gasteiger partial charge is 0.494 e. The van der Waals surface area contributed by atoms with E-state index in [-0.39, 0.29) is 6.61 Å². The summed E-state index contributed by atoms with van der Waals surface area (Å²) < 4.78 is 64.1. The Bertz CT molecular complexity index is 1430. The highest BCUT2D eigenvalue weighted by atomic mass is 32.2. The Balaban J connectivity index is 1.43. The Kier molecular flexibility index (Phi) is 9.34. The van der Waals surface area contributed by atoms with Crippen LogP contribution in [0.5, 0.6) is 11.5 Å². The van der Waals surface area contributed by atoms with Gasteiger partial charge in [-0.25, -0.2) is 13.9 Å². The molecule has 1 amide bonds. The summed E-state index contributed by atoms with van der Waals surface area (Å²) in [6.45, 7) is 5.43. The van der Waals surface area contributed by atoms with Gasteiger partial charge in [0.1, 0.15) is 29.1 Å². The quantitative estimate of drug-likeness (QED) is 0.241. The average molecular weight is 591 g/mol. The van der Waals surface area contributed by atoms with Gasteiger partial charge in [-0.3, -0.25) is 4.79 Å². The number of carbonyl (C=O) groups is 2. The first-order valence-electron chi connectivity index (χ1n) is 12.8. The van der Waals surface area contributed by atoms with Crippen LogP contribution in [0.15, 0.2) is 60.7 Å². The van der Waals surface area contributed by atoms with Crippen molar-refractivity contribution in [3.05, 3.63) is 82.9 Å². The van der Waals surface area contributed by atoms with Gasteiger partial charge < -0.3 is 15.2 Å². The molecule has 1 aliphatic rings. The highest BCUT2D eigenvalue weighted by Crippen LogP contribution is 2.40. The van der Waals surface area contributed by atoms with Crippen molar-refractivity contribution in [2.45, 2.75) is 44.6 Å². The summed E-state index contributed by atoms with van der Waals surface area (Å²) in [5.41, 5.74) is 11.0. The summed E-state index contributed by atoms with van der Waals surface area (Å²) in [5.74, 6) is -2.61. The normalized spacial score (nSPS) is 17.0. The Morgan fingerprint density at radius 1 is 1.05 bits per heavy atom. The zero-order valence-electron chi connectivity index (χ0n) is 22.4. The van der Waals surface area contributed by atoms with Crippen molar-refractivity contribution in [2.24, 2.45) is 5.73 Å². The maximum Gasteiger partial charge on any atom is 0.441 e. The first-order valence-corrected chi connectivity index (χ1v) is 13.9. The number of carbonyl (C=O) groups excluding carboxylic acids is 2. The predicted octanol–water partition coefficient (Wildman–Crippen LogP) is 5.23. The van der Waals surface area contributed by atoms with Crippen LogP contribution in [-0.4, -0.2) is 39.6 Å². The number of ether oxygens (including phenoxy) is 2. The molecule has 0 bridgehead atoms. The number of benzene rings is 3. The number of hydrogen-bond acceptors (Lipinski definition) is 7. The van der Waals surface area contributed by atoms with Crippen LogP contribution in [0.25, 0.3) is 11.1 Å². The van der Waals surface area contributed by atoms with Gasteiger partial charge in [0.25, 0.3) is 0 Å². The van der Waals surface area contributed by atoms with Gasteiger partial charge in [0.15, 0.2) is 0 Å². The van der Waals surface area contributed by atoms with Gasteiger partial charge in [0, 0.05) is 10.9 Å². The molecule has 0 spiro atoms. The second kappa shape index (κ2) is 12.7. The van der Waals surface area contributed by atoms with E-state index in [4.69, 9.17) is 15.2 Å². The van der Waals surface area contributed by atoms with Crippen LogP contribution in [0.1, 0.15) is 40.3 Å². The first kappa shape index (κ1) is 30.1. The molecule has 0 aliphatic carbocycles. The van der Waals surface area contributed by atoms with E-state index in [0.717, 1.165) is 40.0 Å². The Morgan fingerprint density at radius 3 is 2.37 bits per heavy atom. The molecule has 3 aromatic carbocycles. The standard InChI is InChI=1S/C29H29F3N2O6S/c1-18-13-24(38-12-4-11-33)14-19(2)27(18)22-6-3-5-20(15-22)17-39-23-9-7-21(8-10-23)25-16-26(35)34(41(25)37)29(30,31)28(36)40-32/h3,5-10,13-15,25H,4,11-12,16-17,33H2,1-2H3. The van der Waals surface area contributed by atoms with E-state index < -0.39 is 44.9 Å². The zero-order valence-corrected chi connectivity index (χ0v) is 23.2. The Hall–Kier alpha value is -3.90. The molecule has 218 valence electrons. The second-order valence-electron chi connectivity index (χ2n) is 9.54. The summed E-state index contributed by atoms with van der Waals surface area (Å²) in [5, 5.41) is -1.14. The number of alkyl halides is 2. The summed E-state index contributed by atoms with van der Waals surface area (Å²) in [6, 6.07) is 13.4. The molecule has 1 saturated heterocycles. The third-order valence-electron chi connectivity index (χ3n) is 6.58. The van der Waals surface area contributed by atoms with Crippen LogP contribution in [0.4, 0.5) is 13.3 Å². The van der Waals surface area contributed by atoms with Gasteiger partial charge in [-0.1, -0.05) is 30.3 Å². The van der Waals surface area contributed by atoms with Gasteiger partial charge >= 0.3 is 12.0 Å². The maximum atomic E-state index is 14.1. The number of hydrogen-bond donors (Lipinski definition) is 1. The van der Waals surface area contributed by atoms with E-state index in [1.165, 1.54) is 12.1 Å². The Morgan fingerprint density at radius 2 is 1.73 bits per heavy atom. The SMILES string of the molecule is Cc1cc(OCCCN)cc(C)c1-c1cccc(COc2ccc(C3CC(=O)N(C(F)(F)C(=O)OF)S3=O)cc2)c1. The lowest BCUT2D eigenvalue weighted by atomic mass is 9.94. The van der Waals surface area contributed by atoms with Crippen LogP contribution in [0, 0.1) is 13.8 Å². The fourth-order valence-electron chi connectivity index (χ4n) is 4.67. The van der Waals surface area contributed by atoms with E-state index in [1.54, 1.807) is 12.1 Å². The van der Waals surface area contributed by atoms with Crippen molar-refractivity contribution in [1.29, 1.82) is 0 Å².